The molecule has 7 nitrogen and oxygen atoms in total. The fourth-order valence-corrected chi connectivity index (χ4v) is 3.97. The third-order valence-corrected chi connectivity index (χ3v) is 5.83. The predicted octanol–water partition coefficient (Wildman–Crippen LogP) is 2.05. The summed E-state index contributed by atoms with van der Waals surface area (Å²) in [6.07, 6.45) is 0. The van der Waals surface area contributed by atoms with Gasteiger partial charge in [-0.1, -0.05) is 17.7 Å². The van der Waals surface area contributed by atoms with Crippen molar-refractivity contribution in [2.24, 2.45) is 14.1 Å². The molecule has 0 aliphatic heterocycles. The number of hydrogen-bond acceptors (Lipinski definition) is 4. The van der Waals surface area contributed by atoms with E-state index >= 15 is 0 Å². The lowest BCUT2D eigenvalue weighted by molar-refractivity contribution is 0.601. The van der Waals surface area contributed by atoms with Gasteiger partial charge in [0.05, 0.1) is 27.3 Å². The topological polar surface area (TPSA) is 76.3 Å². The molecular formula is C18H22N4O3S. The minimum Gasteiger partial charge on any atom is -0.376 e. The molecule has 0 saturated carbocycles. The average Bonchev–Trinajstić information content (AvgIpc) is 2.78. The summed E-state index contributed by atoms with van der Waals surface area (Å²) in [5.74, 6) is 0. The monoisotopic (exact) mass is 374 g/mol. The Morgan fingerprint density at radius 1 is 0.962 bits per heavy atom. The van der Waals surface area contributed by atoms with E-state index in [0.29, 0.717) is 16.9 Å². The summed E-state index contributed by atoms with van der Waals surface area (Å²) in [6, 6.07) is 10.2. The summed E-state index contributed by atoms with van der Waals surface area (Å²) in [4.78, 5) is 14.2. The van der Waals surface area contributed by atoms with E-state index in [0.717, 1.165) is 11.1 Å². The van der Waals surface area contributed by atoms with Crippen molar-refractivity contribution in [3.8, 4) is 0 Å². The molecule has 0 bridgehead atoms. The van der Waals surface area contributed by atoms with Gasteiger partial charge in [0.2, 0.25) is 0 Å². The first-order valence-electron chi connectivity index (χ1n) is 8.08. The largest absolute Gasteiger partial charge is 0.376 e. The van der Waals surface area contributed by atoms with Gasteiger partial charge in [0.1, 0.15) is 0 Å². The van der Waals surface area contributed by atoms with E-state index in [1.165, 1.54) is 4.57 Å². The van der Waals surface area contributed by atoms with Crippen LogP contribution >= 0.6 is 0 Å². The first-order chi connectivity index (χ1) is 12.1. The first-order valence-corrected chi connectivity index (χ1v) is 9.56. The Kier molecular flexibility index (Phi) is 4.31. The third kappa shape index (κ3) is 2.96. The number of benzene rings is 2. The van der Waals surface area contributed by atoms with E-state index < -0.39 is 10.0 Å². The molecule has 1 N–H and O–H groups in total. The SMILES string of the molecule is Cc1ccc(S(=O)(=O)Nc2cc3c(cc2N(C)C)n(C)c(=O)n3C)cc1. The lowest BCUT2D eigenvalue weighted by Gasteiger charge is -2.19. The van der Waals surface area contributed by atoms with Crippen molar-refractivity contribution < 1.29 is 8.42 Å². The summed E-state index contributed by atoms with van der Waals surface area (Å²) in [7, 11) is 3.27. The number of aryl methyl sites for hydroxylation is 3. The van der Waals surface area contributed by atoms with E-state index in [2.05, 4.69) is 4.72 Å². The number of fused-ring (bicyclic) bond motifs is 1. The highest BCUT2D eigenvalue weighted by molar-refractivity contribution is 7.92. The molecule has 3 rings (SSSR count). The van der Waals surface area contributed by atoms with Crippen molar-refractivity contribution in [1.29, 1.82) is 0 Å². The van der Waals surface area contributed by atoms with Gasteiger partial charge in [-0.2, -0.15) is 0 Å². The summed E-state index contributed by atoms with van der Waals surface area (Å²) >= 11 is 0. The Balaban J connectivity index is 2.17. The fourth-order valence-electron chi connectivity index (χ4n) is 2.91. The molecule has 2 aromatic carbocycles. The second-order valence-corrected chi connectivity index (χ2v) is 8.25. The molecule has 0 fully saturated rings. The number of nitrogens with zero attached hydrogens (tertiary/aromatic N) is 3. The van der Waals surface area contributed by atoms with Gasteiger partial charge in [-0.15, -0.1) is 0 Å². The number of aromatic nitrogens is 2. The van der Waals surface area contributed by atoms with Gasteiger partial charge in [0.25, 0.3) is 10.0 Å². The molecule has 0 radical (unpaired) electrons. The van der Waals surface area contributed by atoms with Crippen LogP contribution in [0.2, 0.25) is 0 Å². The van der Waals surface area contributed by atoms with Crippen molar-refractivity contribution in [1.82, 2.24) is 9.13 Å². The summed E-state index contributed by atoms with van der Waals surface area (Å²) < 4.78 is 31.3. The lowest BCUT2D eigenvalue weighted by Crippen LogP contribution is -2.19. The average molecular weight is 374 g/mol. The molecule has 3 aromatic rings. The highest BCUT2D eigenvalue weighted by atomic mass is 32.2. The molecular weight excluding hydrogens is 352 g/mol. The summed E-state index contributed by atoms with van der Waals surface area (Å²) in [5, 5.41) is 0. The van der Waals surface area contributed by atoms with E-state index in [4.69, 9.17) is 0 Å². The molecule has 1 aromatic heterocycles. The maximum Gasteiger partial charge on any atom is 0.328 e. The van der Waals surface area contributed by atoms with Crippen LogP contribution in [0.15, 0.2) is 46.1 Å². The second-order valence-electron chi connectivity index (χ2n) is 6.57. The van der Waals surface area contributed by atoms with Crippen LogP contribution in [0.25, 0.3) is 11.0 Å². The highest BCUT2D eigenvalue weighted by Crippen LogP contribution is 2.31. The van der Waals surface area contributed by atoms with Crippen LogP contribution in [-0.2, 0) is 24.1 Å². The maximum absolute atomic E-state index is 12.8. The van der Waals surface area contributed by atoms with Crippen molar-refractivity contribution in [3.63, 3.8) is 0 Å². The van der Waals surface area contributed by atoms with Crippen LogP contribution in [-0.4, -0.2) is 31.6 Å². The number of anilines is 2. The van der Waals surface area contributed by atoms with Crippen molar-refractivity contribution in [3.05, 3.63) is 52.4 Å². The summed E-state index contributed by atoms with van der Waals surface area (Å²) in [6.45, 7) is 1.90. The minimum atomic E-state index is -3.74. The van der Waals surface area contributed by atoms with Gasteiger partial charge in [0, 0.05) is 28.2 Å². The lowest BCUT2D eigenvalue weighted by atomic mass is 10.2. The molecule has 0 amide bonds. The number of rotatable bonds is 4. The first kappa shape index (κ1) is 18.1. The zero-order valence-electron chi connectivity index (χ0n) is 15.4. The summed E-state index contributed by atoms with van der Waals surface area (Å²) in [5.41, 5.74) is 3.31. The molecule has 26 heavy (non-hydrogen) atoms. The van der Waals surface area contributed by atoms with Crippen molar-refractivity contribution in [2.45, 2.75) is 11.8 Å². The Labute approximate surface area is 152 Å². The number of sulfonamides is 1. The van der Waals surface area contributed by atoms with E-state index in [9.17, 15) is 13.2 Å². The minimum absolute atomic E-state index is 0.164. The van der Waals surface area contributed by atoms with Gasteiger partial charge in [-0.25, -0.2) is 13.2 Å². The number of nitrogens with one attached hydrogen (secondary N) is 1. The van der Waals surface area contributed by atoms with Crippen LogP contribution in [0.3, 0.4) is 0 Å². The third-order valence-electron chi connectivity index (χ3n) is 4.45. The number of imidazole rings is 1. The van der Waals surface area contributed by atoms with Crippen LogP contribution in [0.4, 0.5) is 11.4 Å². The zero-order valence-corrected chi connectivity index (χ0v) is 16.3. The number of hydrogen-bond donors (Lipinski definition) is 1. The Morgan fingerprint density at radius 2 is 1.50 bits per heavy atom. The Morgan fingerprint density at radius 3 is 2.04 bits per heavy atom. The van der Waals surface area contributed by atoms with Crippen LogP contribution < -0.4 is 15.3 Å². The van der Waals surface area contributed by atoms with Gasteiger partial charge < -0.3 is 4.90 Å². The van der Waals surface area contributed by atoms with E-state index in [1.807, 2.05) is 32.0 Å². The highest BCUT2D eigenvalue weighted by Gasteiger charge is 2.19. The van der Waals surface area contributed by atoms with Gasteiger partial charge >= 0.3 is 5.69 Å². The fraction of sp³-hybridized carbons (Fsp3) is 0.278. The van der Waals surface area contributed by atoms with E-state index in [-0.39, 0.29) is 10.6 Å². The molecule has 0 aliphatic carbocycles. The molecule has 0 spiro atoms. The normalized spacial score (nSPS) is 11.7. The van der Waals surface area contributed by atoms with Crippen molar-refractivity contribution >= 4 is 32.4 Å². The molecule has 0 saturated heterocycles. The predicted molar refractivity (Wildman–Crippen MR) is 104 cm³/mol. The zero-order chi connectivity index (χ0) is 19.2. The van der Waals surface area contributed by atoms with Gasteiger partial charge in [0.15, 0.2) is 0 Å². The maximum atomic E-state index is 12.8. The molecule has 0 unspecified atom stereocenters. The smallest absolute Gasteiger partial charge is 0.328 e. The molecule has 1 heterocycles. The van der Waals surface area contributed by atoms with Gasteiger partial charge in [-0.05, 0) is 31.2 Å². The Bertz CT molecular complexity index is 1140. The van der Waals surface area contributed by atoms with Crippen LogP contribution in [0.1, 0.15) is 5.56 Å². The van der Waals surface area contributed by atoms with Crippen molar-refractivity contribution in [2.75, 3.05) is 23.7 Å². The standard InChI is InChI=1S/C18H22N4O3S/c1-12-6-8-13(9-7-12)26(24,25)19-14-10-16-17(11-15(14)20(2)3)22(5)18(23)21(16)4/h6-11,19H,1-5H3. The Hall–Kier alpha value is -2.74. The molecule has 0 aliphatic rings. The van der Waals surface area contributed by atoms with Crippen LogP contribution in [0, 0.1) is 6.92 Å². The quantitative estimate of drug-likeness (QED) is 0.758. The molecule has 0 atom stereocenters. The molecule has 8 heteroatoms. The van der Waals surface area contributed by atoms with Gasteiger partial charge in [-0.3, -0.25) is 13.9 Å². The van der Waals surface area contributed by atoms with E-state index in [1.54, 1.807) is 49.0 Å². The second kappa shape index (κ2) is 6.21. The molecule has 138 valence electrons. The van der Waals surface area contributed by atoms with Crippen LogP contribution in [0.5, 0.6) is 0 Å².